The number of hydrogen-bond acceptors (Lipinski definition) is 6. The van der Waals surface area contributed by atoms with Crippen LogP contribution in [0.2, 0.25) is 0 Å². The Kier molecular flexibility index (Phi) is 6.08. The minimum Gasteiger partial charge on any atom is -0.497 e. The van der Waals surface area contributed by atoms with Crippen LogP contribution < -0.4 is 4.74 Å². The number of carbonyl (C=O) groups excluding carboxylic acids is 2. The molecule has 0 N–H and O–H groups in total. The molecule has 0 radical (unpaired) electrons. The van der Waals surface area contributed by atoms with Gasteiger partial charge in [0.05, 0.1) is 7.11 Å². The molecule has 2 fully saturated rings. The molecule has 2 saturated heterocycles. The monoisotopic (exact) mass is 414 g/mol. The van der Waals surface area contributed by atoms with Crippen molar-refractivity contribution in [2.24, 2.45) is 5.92 Å². The highest BCUT2D eigenvalue weighted by Crippen LogP contribution is 2.32. The number of benzene rings is 1. The fourth-order valence-electron chi connectivity index (χ4n) is 4.53. The van der Waals surface area contributed by atoms with Crippen molar-refractivity contribution in [1.82, 2.24) is 19.4 Å². The topological polar surface area (TPSA) is 75.6 Å². The maximum Gasteiger partial charge on any atom is 0.275 e. The van der Waals surface area contributed by atoms with Gasteiger partial charge in [-0.25, -0.2) is 0 Å². The molecule has 29 heavy (non-hydrogen) atoms. The second-order valence-electron chi connectivity index (χ2n) is 7.71. The van der Waals surface area contributed by atoms with E-state index in [1.165, 1.54) is 11.5 Å². The first-order chi connectivity index (χ1) is 14.2. The third-order valence-corrected chi connectivity index (χ3v) is 6.58. The molecule has 0 bridgehead atoms. The number of aromatic nitrogens is 2. The zero-order chi connectivity index (χ0) is 20.2. The average Bonchev–Trinajstić information content (AvgIpc) is 3.33. The van der Waals surface area contributed by atoms with E-state index in [4.69, 9.17) is 4.74 Å². The lowest BCUT2D eigenvalue weighted by Gasteiger charge is -2.43. The van der Waals surface area contributed by atoms with Gasteiger partial charge in [0.15, 0.2) is 5.69 Å². The van der Waals surface area contributed by atoms with Crippen LogP contribution in [0, 0.1) is 5.92 Å². The lowest BCUT2D eigenvalue weighted by molar-refractivity contribution is 0.0373. The third-order valence-electron chi connectivity index (χ3n) is 6.08. The number of nitrogens with zero attached hydrogens (tertiary/aromatic N) is 4. The summed E-state index contributed by atoms with van der Waals surface area (Å²) in [6.07, 6.45) is 5.05. The Morgan fingerprint density at radius 2 is 1.93 bits per heavy atom. The number of hydrogen-bond donors (Lipinski definition) is 0. The zero-order valence-corrected chi connectivity index (χ0v) is 17.4. The molecule has 0 unspecified atom stereocenters. The van der Waals surface area contributed by atoms with Gasteiger partial charge in [0, 0.05) is 36.6 Å². The number of ether oxygens (including phenoxy) is 1. The minimum absolute atomic E-state index is 0.0369. The molecule has 154 valence electrons. The van der Waals surface area contributed by atoms with Crippen molar-refractivity contribution in [3.8, 4) is 5.75 Å². The summed E-state index contributed by atoms with van der Waals surface area (Å²) in [5, 5.41) is 5.60. The van der Waals surface area contributed by atoms with E-state index in [9.17, 15) is 9.59 Å². The van der Waals surface area contributed by atoms with Crippen molar-refractivity contribution in [3.63, 3.8) is 0 Å². The first kappa shape index (κ1) is 19.8. The van der Waals surface area contributed by atoms with E-state index in [1.807, 2.05) is 29.2 Å². The minimum atomic E-state index is -0.0369. The summed E-state index contributed by atoms with van der Waals surface area (Å²) >= 11 is 1.20. The summed E-state index contributed by atoms with van der Waals surface area (Å²) < 4.78 is 9.07. The van der Waals surface area contributed by atoms with E-state index < -0.39 is 0 Å². The number of rotatable bonds is 4. The van der Waals surface area contributed by atoms with Crippen molar-refractivity contribution >= 4 is 23.3 Å². The molecule has 2 aliphatic heterocycles. The van der Waals surface area contributed by atoms with Crippen LogP contribution in [-0.2, 0) is 0 Å². The summed E-state index contributed by atoms with van der Waals surface area (Å²) in [5.74, 6) is 1.17. The fourth-order valence-corrected chi connectivity index (χ4v) is 4.96. The van der Waals surface area contributed by atoms with E-state index in [0.29, 0.717) is 36.0 Å². The van der Waals surface area contributed by atoms with Gasteiger partial charge in [-0.05, 0) is 67.8 Å². The molecule has 1 atom stereocenters. The maximum atomic E-state index is 13.2. The van der Waals surface area contributed by atoms with Gasteiger partial charge < -0.3 is 14.5 Å². The Morgan fingerprint density at radius 3 is 2.66 bits per heavy atom. The van der Waals surface area contributed by atoms with E-state index in [1.54, 1.807) is 12.5 Å². The van der Waals surface area contributed by atoms with Gasteiger partial charge in [-0.2, -0.15) is 0 Å². The first-order valence-electron chi connectivity index (χ1n) is 10.2. The number of amides is 2. The highest BCUT2D eigenvalue weighted by atomic mass is 32.1. The molecule has 4 rings (SSSR count). The number of carbonyl (C=O) groups is 2. The highest BCUT2D eigenvalue weighted by Gasteiger charge is 2.36. The molecule has 0 aliphatic carbocycles. The molecule has 0 saturated carbocycles. The zero-order valence-electron chi connectivity index (χ0n) is 16.6. The van der Waals surface area contributed by atoms with E-state index >= 15 is 0 Å². The van der Waals surface area contributed by atoms with Crippen molar-refractivity contribution in [2.45, 2.75) is 38.1 Å². The van der Waals surface area contributed by atoms with Crippen molar-refractivity contribution in [1.29, 1.82) is 0 Å². The fraction of sp³-hybridized carbons (Fsp3) is 0.524. The van der Waals surface area contributed by atoms with Gasteiger partial charge in [0.25, 0.3) is 11.8 Å². The molecule has 2 aromatic rings. The Balaban J connectivity index is 1.43. The molecular weight excluding hydrogens is 388 g/mol. The Hall–Kier alpha value is -2.48. The quantitative estimate of drug-likeness (QED) is 0.768. The SMILES string of the molecule is COc1cccc(C(=O)N2CCCC[C@@H]2C2CCN(C(=O)c3csnn3)CC2)c1. The smallest absolute Gasteiger partial charge is 0.275 e. The van der Waals surface area contributed by atoms with Gasteiger partial charge in [0.2, 0.25) is 0 Å². The molecule has 1 aromatic carbocycles. The number of likely N-dealkylation sites (tertiary alicyclic amines) is 2. The maximum absolute atomic E-state index is 13.2. The molecule has 2 aliphatic rings. The van der Waals surface area contributed by atoms with Crippen LogP contribution in [0.15, 0.2) is 29.6 Å². The highest BCUT2D eigenvalue weighted by molar-refractivity contribution is 7.03. The van der Waals surface area contributed by atoms with E-state index in [0.717, 1.165) is 38.6 Å². The van der Waals surface area contributed by atoms with Crippen molar-refractivity contribution < 1.29 is 14.3 Å². The van der Waals surface area contributed by atoms with Gasteiger partial charge in [-0.1, -0.05) is 10.6 Å². The van der Waals surface area contributed by atoms with Crippen molar-refractivity contribution in [2.75, 3.05) is 26.7 Å². The van der Waals surface area contributed by atoms with Crippen LogP contribution in [0.1, 0.15) is 53.0 Å². The van der Waals surface area contributed by atoms with Crippen LogP contribution in [0.25, 0.3) is 0 Å². The van der Waals surface area contributed by atoms with E-state index in [2.05, 4.69) is 14.5 Å². The van der Waals surface area contributed by atoms with Gasteiger partial charge >= 0.3 is 0 Å². The largest absolute Gasteiger partial charge is 0.497 e. The summed E-state index contributed by atoms with van der Waals surface area (Å²) in [6.45, 7) is 2.21. The Bertz CT molecular complexity index is 849. The predicted molar refractivity (Wildman–Crippen MR) is 110 cm³/mol. The molecule has 7 nitrogen and oxygen atoms in total. The summed E-state index contributed by atoms with van der Waals surface area (Å²) in [4.78, 5) is 29.7. The number of methoxy groups -OCH3 is 1. The second kappa shape index (κ2) is 8.90. The summed E-state index contributed by atoms with van der Waals surface area (Å²) in [6, 6.07) is 7.63. The van der Waals surface area contributed by atoms with Gasteiger partial charge in [-0.3, -0.25) is 9.59 Å². The molecule has 2 amide bonds. The van der Waals surface area contributed by atoms with E-state index in [-0.39, 0.29) is 17.9 Å². The first-order valence-corrected chi connectivity index (χ1v) is 11.0. The normalized spacial score (nSPS) is 20.5. The molecule has 0 spiro atoms. The standard InChI is InChI=1S/C21H26N4O3S/c1-28-17-6-4-5-16(13-17)20(26)25-10-3-2-7-19(25)15-8-11-24(12-9-15)21(27)18-14-29-23-22-18/h4-6,13-15,19H,2-3,7-12H2,1H3/t19-/m1/s1. The van der Waals surface area contributed by atoms with Crippen molar-refractivity contribution in [3.05, 3.63) is 40.9 Å². The van der Waals surface area contributed by atoms with Gasteiger partial charge in [-0.15, -0.1) is 5.10 Å². The average molecular weight is 415 g/mol. The summed E-state index contributed by atoms with van der Waals surface area (Å²) in [5.41, 5.74) is 1.11. The van der Waals surface area contributed by atoms with Crippen LogP contribution in [0.5, 0.6) is 5.75 Å². The van der Waals surface area contributed by atoms with Crippen LogP contribution in [0.4, 0.5) is 0 Å². The molecular formula is C21H26N4O3S. The van der Waals surface area contributed by atoms with Crippen LogP contribution in [-0.4, -0.2) is 64.0 Å². The number of piperidine rings is 2. The Labute approximate surface area is 174 Å². The molecule has 8 heteroatoms. The lowest BCUT2D eigenvalue weighted by atomic mass is 9.83. The molecule has 1 aromatic heterocycles. The third kappa shape index (κ3) is 4.27. The lowest BCUT2D eigenvalue weighted by Crippen LogP contribution is -2.51. The second-order valence-corrected chi connectivity index (χ2v) is 8.32. The predicted octanol–water partition coefficient (Wildman–Crippen LogP) is 3.09. The van der Waals surface area contributed by atoms with Crippen LogP contribution in [0.3, 0.4) is 0 Å². The van der Waals surface area contributed by atoms with Crippen LogP contribution >= 0.6 is 11.5 Å². The summed E-state index contributed by atoms with van der Waals surface area (Å²) in [7, 11) is 1.62. The Morgan fingerprint density at radius 1 is 1.10 bits per heavy atom. The molecule has 3 heterocycles. The van der Waals surface area contributed by atoms with Gasteiger partial charge in [0.1, 0.15) is 5.75 Å².